The van der Waals surface area contributed by atoms with Crippen molar-refractivity contribution in [3.8, 4) is 0 Å². The van der Waals surface area contributed by atoms with Gasteiger partial charge in [-0.3, -0.25) is 0 Å². The summed E-state index contributed by atoms with van der Waals surface area (Å²) < 4.78 is 0. The predicted octanol–water partition coefficient (Wildman–Crippen LogP) is 2.80. The number of nitrogens with zero attached hydrogens (tertiary/aromatic N) is 1. The first-order valence-corrected chi connectivity index (χ1v) is 6.85. The number of hydrogen-bond donors (Lipinski definition) is 1. The van der Waals surface area contributed by atoms with Crippen LogP contribution in [0, 0.1) is 0 Å². The zero-order valence-corrected chi connectivity index (χ0v) is 11.2. The van der Waals surface area contributed by atoms with Crippen molar-refractivity contribution in [3.05, 3.63) is 28.3 Å². The molecular formula is C14H19ClN2. The number of rotatable bonds is 1. The van der Waals surface area contributed by atoms with Crippen LogP contribution in [-0.2, 0) is 6.42 Å². The van der Waals surface area contributed by atoms with E-state index in [1.807, 2.05) is 0 Å². The van der Waals surface area contributed by atoms with Crippen molar-refractivity contribution in [2.75, 3.05) is 24.5 Å². The zero-order chi connectivity index (χ0) is 12.0. The van der Waals surface area contributed by atoms with Crippen molar-refractivity contribution in [1.29, 1.82) is 0 Å². The Morgan fingerprint density at radius 3 is 3.00 bits per heavy atom. The minimum atomic E-state index is 0.519. The summed E-state index contributed by atoms with van der Waals surface area (Å²) in [6, 6.07) is 4.80. The summed E-state index contributed by atoms with van der Waals surface area (Å²) in [5.41, 5.74) is 4.30. The Kier molecular flexibility index (Phi) is 2.80. The summed E-state index contributed by atoms with van der Waals surface area (Å²) in [5.74, 6) is 0.614. The molecule has 1 aromatic carbocycles. The molecule has 0 saturated heterocycles. The van der Waals surface area contributed by atoms with E-state index in [0.29, 0.717) is 12.0 Å². The van der Waals surface area contributed by atoms with E-state index in [-0.39, 0.29) is 0 Å². The molecule has 0 aliphatic carbocycles. The normalized spacial score (nSPS) is 22.8. The molecule has 0 aromatic heterocycles. The second-order valence-corrected chi connectivity index (χ2v) is 5.77. The van der Waals surface area contributed by atoms with Gasteiger partial charge < -0.3 is 10.2 Å². The van der Waals surface area contributed by atoms with Crippen LogP contribution in [0.15, 0.2) is 12.1 Å². The molecule has 1 aromatic rings. The lowest BCUT2D eigenvalue weighted by molar-refractivity contribution is 0.594. The molecule has 1 N–H and O–H groups in total. The average molecular weight is 251 g/mol. The summed E-state index contributed by atoms with van der Waals surface area (Å²) in [6.45, 7) is 7.77. The van der Waals surface area contributed by atoms with Gasteiger partial charge in [0, 0.05) is 25.0 Å². The van der Waals surface area contributed by atoms with Crippen LogP contribution in [0.25, 0.3) is 0 Å². The van der Waals surface area contributed by atoms with Gasteiger partial charge in [-0.05, 0) is 44.0 Å². The largest absolute Gasteiger partial charge is 0.367 e. The molecule has 1 atom stereocenters. The highest BCUT2D eigenvalue weighted by Gasteiger charge is 2.34. The molecule has 0 amide bonds. The molecule has 0 radical (unpaired) electrons. The lowest BCUT2D eigenvalue weighted by Crippen LogP contribution is -2.32. The molecular weight excluding hydrogens is 232 g/mol. The van der Waals surface area contributed by atoms with Gasteiger partial charge in [0.15, 0.2) is 0 Å². The van der Waals surface area contributed by atoms with Crippen LogP contribution in [0.1, 0.15) is 30.9 Å². The number of anilines is 1. The SMILES string of the molecule is CC(C)N1C[C@@H]2CNCCc3ccc(Cl)c1c32. The van der Waals surface area contributed by atoms with E-state index in [9.17, 15) is 0 Å². The van der Waals surface area contributed by atoms with Gasteiger partial charge in [0.25, 0.3) is 0 Å². The van der Waals surface area contributed by atoms with Crippen molar-refractivity contribution in [3.63, 3.8) is 0 Å². The van der Waals surface area contributed by atoms with Crippen LogP contribution < -0.4 is 10.2 Å². The van der Waals surface area contributed by atoms with E-state index >= 15 is 0 Å². The second kappa shape index (κ2) is 4.18. The van der Waals surface area contributed by atoms with Crippen molar-refractivity contribution in [2.24, 2.45) is 0 Å². The molecule has 0 saturated carbocycles. The molecule has 92 valence electrons. The number of halogens is 1. The Hall–Kier alpha value is -0.730. The third-order valence-electron chi connectivity index (χ3n) is 3.96. The molecule has 2 heterocycles. The van der Waals surface area contributed by atoms with E-state index in [1.165, 1.54) is 16.8 Å². The van der Waals surface area contributed by atoms with Crippen LogP contribution in [0.4, 0.5) is 5.69 Å². The third-order valence-corrected chi connectivity index (χ3v) is 4.26. The Bertz CT molecular complexity index is 442. The number of nitrogens with one attached hydrogen (secondary N) is 1. The highest BCUT2D eigenvalue weighted by atomic mass is 35.5. The highest BCUT2D eigenvalue weighted by Crippen LogP contribution is 2.44. The van der Waals surface area contributed by atoms with Gasteiger partial charge in [-0.1, -0.05) is 17.7 Å². The van der Waals surface area contributed by atoms with Crippen LogP contribution >= 0.6 is 11.6 Å². The van der Waals surface area contributed by atoms with Crippen molar-refractivity contribution in [2.45, 2.75) is 32.2 Å². The lowest BCUT2D eigenvalue weighted by Gasteiger charge is -2.25. The van der Waals surface area contributed by atoms with Crippen molar-refractivity contribution < 1.29 is 0 Å². The molecule has 0 bridgehead atoms. The molecule has 0 fully saturated rings. The fraction of sp³-hybridized carbons (Fsp3) is 0.571. The topological polar surface area (TPSA) is 15.3 Å². The van der Waals surface area contributed by atoms with E-state index in [2.05, 4.69) is 36.2 Å². The smallest absolute Gasteiger partial charge is 0.0642 e. The Morgan fingerprint density at radius 1 is 1.41 bits per heavy atom. The van der Waals surface area contributed by atoms with Gasteiger partial charge in [0.05, 0.1) is 10.7 Å². The quantitative estimate of drug-likeness (QED) is 0.825. The first kappa shape index (κ1) is 11.4. The van der Waals surface area contributed by atoms with Gasteiger partial charge in [0.1, 0.15) is 0 Å². The first-order chi connectivity index (χ1) is 8.18. The number of benzene rings is 1. The lowest BCUT2D eigenvalue weighted by atomic mass is 9.95. The van der Waals surface area contributed by atoms with Crippen LogP contribution in [0.5, 0.6) is 0 Å². The zero-order valence-electron chi connectivity index (χ0n) is 10.5. The molecule has 2 nitrogen and oxygen atoms in total. The minimum absolute atomic E-state index is 0.519. The van der Waals surface area contributed by atoms with E-state index in [1.54, 1.807) is 0 Å². The molecule has 2 aliphatic rings. The molecule has 17 heavy (non-hydrogen) atoms. The summed E-state index contributed by atoms with van der Waals surface area (Å²) in [7, 11) is 0. The fourth-order valence-corrected chi connectivity index (χ4v) is 3.42. The highest BCUT2D eigenvalue weighted by molar-refractivity contribution is 6.33. The van der Waals surface area contributed by atoms with Gasteiger partial charge in [-0.15, -0.1) is 0 Å². The third kappa shape index (κ3) is 1.74. The standard InChI is InChI=1S/C14H19ClN2/c1-9(2)17-8-11-7-16-6-5-10-3-4-12(15)14(17)13(10)11/h3-4,9,11,16H,5-8H2,1-2H3/t11-/m0/s1. The molecule has 3 rings (SSSR count). The van der Waals surface area contributed by atoms with Crippen LogP contribution in [0.3, 0.4) is 0 Å². The molecule has 3 heteroatoms. The monoisotopic (exact) mass is 250 g/mol. The van der Waals surface area contributed by atoms with E-state index in [0.717, 1.165) is 31.1 Å². The minimum Gasteiger partial charge on any atom is -0.367 e. The van der Waals surface area contributed by atoms with Gasteiger partial charge in [-0.25, -0.2) is 0 Å². The van der Waals surface area contributed by atoms with Gasteiger partial charge in [0.2, 0.25) is 0 Å². The predicted molar refractivity (Wildman–Crippen MR) is 73.2 cm³/mol. The maximum Gasteiger partial charge on any atom is 0.0642 e. The summed E-state index contributed by atoms with van der Waals surface area (Å²) in [6.07, 6.45) is 1.13. The molecule has 0 unspecified atom stereocenters. The Labute approximate surface area is 108 Å². The van der Waals surface area contributed by atoms with Crippen LogP contribution in [-0.4, -0.2) is 25.7 Å². The van der Waals surface area contributed by atoms with Crippen molar-refractivity contribution >= 4 is 17.3 Å². The molecule has 0 spiro atoms. The van der Waals surface area contributed by atoms with Gasteiger partial charge >= 0.3 is 0 Å². The van der Waals surface area contributed by atoms with Gasteiger partial charge in [-0.2, -0.15) is 0 Å². The summed E-state index contributed by atoms with van der Waals surface area (Å²) >= 11 is 6.42. The molecule has 2 aliphatic heterocycles. The maximum atomic E-state index is 6.42. The van der Waals surface area contributed by atoms with E-state index in [4.69, 9.17) is 11.6 Å². The summed E-state index contributed by atoms with van der Waals surface area (Å²) in [5, 5.41) is 4.46. The van der Waals surface area contributed by atoms with Crippen LogP contribution in [0.2, 0.25) is 5.02 Å². The Morgan fingerprint density at radius 2 is 2.24 bits per heavy atom. The first-order valence-electron chi connectivity index (χ1n) is 6.47. The average Bonchev–Trinajstić information content (AvgIpc) is 2.57. The number of hydrogen-bond acceptors (Lipinski definition) is 2. The van der Waals surface area contributed by atoms with Crippen molar-refractivity contribution in [1.82, 2.24) is 5.32 Å². The second-order valence-electron chi connectivity index (χ2n) is 5.37. The Balaban J connectivity index is 2.16. The fourth-order valence-electron chi connectivity index (χ4n) is 3.14. The summed E-state index contributed by atoms with van der Waals surface area (Å²) in [4.78, 5) is 2.46. The van der Waals surface area contributed by atoms with E-state index < -0.39 is 0 Å². The maximum absolute atomic E-state index is 6.42.